The van der Waals surface area contributed by atoms with Crippen molar-refractivity contribution in [3.63, 3.8) is 0 Å². The minimum absolute atomic E-state index is 0.0346. The molecule has 0 aliphatic carbocycles. The standard InChI is InChI=1S/C24H27F3N6O2S2/c1-13(2)20-29-21(35-31-20)32-9-7-15(8-10-32)14(3)34-23-30-33-12-19(28-22(33)37-23)17-6-5-16(36-4)11-18(17)24(25,26)27/h5-6,11-15H,7-10H2,1-4H3. The van der Waals surface area contributed by atoms with E-state index in [1.165, 1.54) is 39.9 Å². The summed E-state index contributed by atoms with van der Waals surface area (Å²) in [4.78, 5) is 12.0. The summed E-state index contributed by atoms with van der Waals surface area (Å²) in [6.45, 7) is 7.65. The van der Waals surface area contributed by atoms with Gasteiger partial charge in [0.2, 0.25) is 4.96 Å². The highest BCUT2D eigenvalue weighted by Crippen LogP contribution is 2.39. The van der Waals surface area contributed by atoms with Gasteiger partial charge >= 0.3 is 12.2 Å². The highest BCUT2D eigenvalue weighted by atomic mass is 32.2. The third-order valence-corrected chi connectivity index (χ3v) is 8.08. The van der Waals surface area contributed by atoms with Crippen LogP contribution in [-0.2, 0) is 6.18 Å². The highest BCUT2D eigenvalue weighted by Gasteiger charge is 2.35. The SMILES string of the molecule is CSc1ccc(-c2cn3nc(OC(C)C4CCN(c5nc(C(C)C)no5)CC4)sc3n2)c(C(F)(F)F)c1. The first-order valence-electron chi connectivity index (χ1n) is 12.0. The van der Waals surface area contributed by atoms with E-state index in [4.69, 9.17) is 9.26 Å². The second kappa shape index (κ2) is 10.2. The average molecular weight is 553 g/mol. The summed E-state index contributed by atoms with van der Waals surface area (Å²) in [6, 6.07) is 4.85. The van der Waals surface area contributed by atoms with Crippen LogP contribution in [0, 0.1) is 5.92 Å². The largest absolute Gasteiger partial charge is 0.466 e. The Morgan fingerprint density at radius 3 is 2.54 bits per heavy atom. The molecule has 0 saturated carbocycles. The second-order valence-electron chi connectivity index (χ2n) is 9.37. The van der Waals surface area contributed by atoms with Crippen LogP contribution in [0.15, 0.2) is 33.8 Å². The van der Waals surface area contributed by atoms with Crippen molar-refractivity contribution in [2.45, 2.75) is 56.7 Å². The average Bonchev–Trinajstić information content (AvgIpc) is 3.59. The molecule has 8 nitrogen and oxygen atoms in total. The van der Waals surface area contributed by atoms with Crippen LogP contribution < -0.4 is 9.64 Å². The number of nitrogens with zero attached hydrogens (tertiary/aromatic N) is 6. The van der Waals surface area contributed by atoms with Gasteiger partial charge in [0.1, 0.15) is 6.10 Å². The molecular formula is C24H27F3N6O2S2. The fourth-order valence-electron chi connectivity index (χ4n) is 4.37. The van der Waals surface area contributed by atoms with Crippen LogP contribution in [0.5, 0.6) is 5.19 Å². The number of hydrogen-bond donors (Lipinski definition) is 0. The maximum Gasteiger partial charge on any atom is 0.417 e. The Morgan fingerprint density at radius 2 is 1.92 bits per heavy atom. The molecule has 0 bridgehead atoms. The first-order chi connectivity index (χ1) is 17.6. The van der Waals surface area contributed by atoms with E-state index in [0.29, 0.717) is 32.8 Å². The molecule has 0 radical (unpaired) electrons. The molecule has 1 fully saturated rings. The van der Waals surface area contributed by atoms with E-state index < -0.39 is 11.7 Å². The van der Waals surface area contributed by atoms with Gasteiger partial charge in [-0.15, -0.1) is 16.9 Å². The molecule has 1 aliphatic heterocycles. The molecule has 4 heterocycles. The molecule has 1 unspecified atom stereocenters. The predicted molar refractivity (Wildman–Crippen MR) is 136 cm³/mol. The third kappa shape index (κ3) is 5.42. The van der Waals surface area contributed by atoms with Crippen molar-refractivity contribution in [2.24, 2.45) is 5.92 Å². The number of halogens is 3. The Labute approximate surface area is 220 Å². The molecule has 13 heteroatoms. The zero-order valence-corrected chi connectivity index (χ0v) is 22.5. The molecule has 1 saturated heterocycles. The molecule has 0 N–H and O–H groups in total. The van der Waals surface area contributed by atoms with Gasteiger partial charge in [0.05, 0.1) is 17.5 Å². The first kappa shape index (κ1) is 25.8. The molecular weight excluding hydrogens is 525 g/mol. The van der Waals surface area contributed by atoms with E-state index in [2.05, 4.69) is 25.1 Å². The molecule has 0 spiro atoms. The van der Waals surface area contributed by atoms with Gasteiger partial charge in [-0.05, 0) is 55.4 Å². The molecule has 1 aliphatic rings. The number of rotatable bonds is 7. The van der Waals surface area contributed by atoms with E-state index in [0.717, 1.165) is 32.0 Å². The monoisotopic (exact) mass is 552 g/mol. The van der Waals surface area contributed by atoms with Gasteiger partial charge in [-0.2, -0.15) is 18.2 Å². The quantitative estimate of drug-likeness (QED) is 0.244. The molecule has 5 rings (SSSR count). The van der Waals surface area contributed by atoms with Gasteiger partial charge in [0.15, 0.2) is 5.82 Å². The molecule has 3 aromatic heterocycles. The summed E-state index contributed by atoms with van der Waals surface area (Å²) >= 11 is 2.48. The van der Waals surface area contributed by atoms with Crippen molar-refractivity contribution < 1.29 is 22.4 Å². The fourth-order valence-corrected chi connectivity index (χ4v) is 5.63. The summed E-state index contributed by atoms with van der Waals surface area (Å²) in [7, 11) is 0. The molecule has 1 atom stereocenters. The number of ether oxygens (including phenoxy) is 1. The molecule has 1 aromatic carbocycles. The summed E-state index contributed by atoms with van der Waals surface area (Å²) in [6.07, 6.45) is 0.501. The van der Waals surface area contributed by atoms with Gasteiger partial charge in [0, 0.05) is 29.5 Å². The van der Waals surface area contributed by atoms with Crippen LogP contribution in [0.2, 0.25) is 0 Å². The number of anilines is 1. The number of benzene rings is 1. The Bertz CT molecular complexity index is 1340. The number of thioether (sulfide) groups is 1. The third-order valence-electron chi connectivity index (χ3n) is 6.54. The van der Waals surface area contributed by atoms with Gasteiger partial charge in [-0.1, -0.05) is 25.1 Å². The lowest BCUT2D eigenvalue weighted by molar-refractivity contribution is -0.137. The van der Waals surface area contributed by atoms with E-state index in [1.54, 1.807) is 12.3 Å². The number of aromatic nitrogens is 5. The Balaban J connectivity index is 1.24. The minimum Gasteiger partial charge on any atom is -0.466 e. The molecule has 198 valence electrons. The molecule has 4 aromatic rings. The summed E-state index contributed by atoms with van der Waals surface area (Å²) in [5.74, 6) is 1.24. The van der Waals surface area contributed by atoms with Gasteiger partial charge < -0.3 is 14.2 Å². The van der Waals surface area contributed by atoms with Crippen molar-refractivity contribution in [1.82, 2.24) is 24.7 Å². The van der Waals surface area contributed by atoms with Crippen molar-refractivity contribution in [1.29, 1.82) is 0 Å². The zero-order valence-electron chi connectivity index (χ0n) is 20.8. The summed E-state index contributed by atoms with van der Waals surface area (Å²) < 4.78 is 54.0. The van der Waals surface area contributed by atoms with Crippen molar-refractivity contribution in [3.8, 4) is 16.5 Å². The lowest BCUT2D eigenvalue weighted by atomic mass is 9.92. The second-order valence-corrected chi connectivity index (χ2v) is 11.2. The number of fused-ring (bicyclic) bond motifs is 1. The Kier molecular flexibility index (Phi) is 7.10. The first-order valence-corrected chi connectivity index (χ1v) is 14.0. The van der Waals surface area contributed by atoms with Crippen molar-refractivity contribution in [2.75, 3.05) is 24.2 Å². The van der Waals surface area contributed by atoms with Crippen LogP contribution in [0.4, 0.5) is 19.2 Å². The zero-order chi connectivity index (χ0) is 26.3. The van der Waals surface area contributed by atoms with Crippen LogP contribution in [-0.4, -0.2) is 50.2 Å². The van der Waals surface area contributed by atoms with Crippen LogP contribution in [0.3, 0.4) is 0 Å². The number of hydrogen-bond acceptors (Lipinski definition) is 9. The fraction of sp³-hybridized carbons (Fsp3) is 0.500. The van der Waals surface area contributed by atoms with Crippen molar-refractivity contribution in [3.05, 3.63) is 35.8 Å². The lowest BCUT2D eigenvalue weighted by Gasteiger charge is -2.33. The highest BCUT2D eigenvalue weighted by molar-refractivity contribution is 7.98. The molecule has 37 heavy (non-hydrogen) atoms. The number of piperidine rings is 1. The van der Waals surface area contributed by atoms with E-state index in [-0.39, 0.29) is 23.3 Å². The lowest BCUT2D eigenvalue weighted by Crippen LogP contribution is -2.38. The Morgan fingerprint density at radius 1 is 1.16 bits per heavy atom. The van der Waals surface area contributed by atoms with Crippen LogP contribution in [0.25, 0.3) is 16.2 Å². The number of alkyl halides is 3. The summed E-state index contributed by atoms with van der Waals surface area (Å²) in [5.41, 5.74) is -0.442. The van der Waals surface area contributed by atoms with Crippen LogP contribution in [0.1, 0.15) is 50.9 Å². The number of imidazole rings is 1. The smallest absolute Gasteiger partial charge is 0.417 e. The Hall–Kier alpha value is -2.80. The van der Waals surface area contributed by atoms with E-state index >= 15 is 0 Å². The van der Waals surface area contributed by atoms with Gasteiger partial charge in [-0.3, -0.25) is 0 Å². The maximum absolute atomic E-state index is 13.7. The van der Waals surface area contributed by atoms with E-state index in [9.17, 15) is 13.2 Å². The maximum atomic E-state index is 13.7. The van der Waals surface area contributed by atoms with Gasteiger partial charge in [0.25, 0.3) is 5.19 Å². The van der Waals surface area contributed by atoms with Gasteiger partial charge in [-0.25, -0.2) is 9.50 Å². The minimum atomic E-state index is -4.48. The van der Waals surface area contributed by atoms with Crippen LogP contribution >= 0.6 is 23.1 Å². The predicted octanol–water partition coefficient (Wildman–Crippen LogP) is 6.39. The summed E-state index contributed by atoms with van der Waals surface area (Å²) in [5, 5.41) is 8.91. The normalized spacial score (nSPS) is 16.2. The topological polar surface area (TPSA) is 81.6 Å². The van der Waals surface area contributed by atoms with E-state index in [1.807, 2.05) is 20.8 Å². The molecule has 0 amide bonds. The van der Waals surface area contributed by atoms with Crippen molar-refractivity contribution >= 4 is 34.1 Å².